The summed E-state index contributed by atoms with van der Waals surface area (Å²) in [7, 11) is 1.72. The van der Waals surface area contributed by atoms with Gasteiger partial charge in [0.05, 0.1) is 0 Å². The Bertz CT molecular complexity index is 432. The van der Waals surface area contributed by atoms with Gasteiger partial charge in [-0.2, -0.15) is 0 Å². The van der Waals surface area contributed by atoms with Crippen LogP contribution >= 0.6 is 11.6 Å². The van der Waals surface area contributed by atoms with Crippen molar-refractivity contribution in [2.45, 2.75) is 31.1 Å². The van der Waals surface area contributed by atoms with Crippen LogP contribution in [-0.4, -0.2) is 21.5 Å². The van der Waals surface area contributed by atoms with Crippen LogP contribution < -0.4 is 10.9 Å². The van der Waals surface area contributed by atoms with Gasteiger partial charge in [0.25, 0.3) is 5.56 Å². The highest BCUT2D eigenvalue weighted by molar-refractivity contribution is 6.20. The van der Waals surface area contributed by atoms with E-state index in [2.05, 4.69) is 10.3 Å². The molecule has 0 radical (unpaired) electrons. The summed E-state index contributed by atoms with van der Waals surface area (Å²) >= 11 is 6.28. The zero-order valence-electron chi connectivity index (χ0n) is 10.0. The molecule has 0 spiro atoms. The van der Waals surface area contributed by atoms with Gasteiger partial charge in [-0.25, -0.2) is 4.98 Å². The fraction of sp³-hybridized carbons (Fsp3) is 0.667. The first-order valence-corrected chi connectivity index (χ1v) is 6.51. The van der Waals surface area contributed by atoms with Crippen LogP contribution in [-0.2, 0) is 7.05 Å². The lowest BCUT2D eigenvalue weighted by atomic mass is 9.89. The quantitative estimate of drug-likeness (QED) is 0.841. The normalized spacial score (nSPS) is 24.6. The molecule has 2 rings (SSSR count). The molecule has 94 valence electrons. The van der Waals surface area contributed by atoms with Gasteiger partial charge in [-0.3, -0.25) is 4.79 Å². The number of anilines is 1. The number of rotatable bonds is 3. The van der Waals surface area contributed by atoms with E-state index in [1.165, 1.54) is 17.4 Å². The number of aryl methyl sites for hydroxylation is 1. The first-order chi connectivity index (χ1) is 8.18. The maximum absolute atomic E-state index is 11.7. The SMILES string of the molecule is Cn1ccnc(NCC2CCCCC2Cl)c1=O. The van der Waals surface area contributed by atoms with E-state index in [1.54, 1.807) is 19.4 Å². The molecule has 1 saturated carbocycles. The molecule has 2 unspecified atom stereocenters. The second-order valence-electron chi connectivity index (χ2n) is 4.63. The molecule has 1 aromatic rings. The first kappa shape index (κ1) is 12.4. The summed E-state index contributed by atoms with van der Waals surface area (Å²) in [6.45, 7) is 0.737. The highest BCUT2D eigenvalue weighted by Crippen LogP contribution is 2.28. The smallest absolute Gasteiger partial charge is 0.293 e. The van der Waals surface area contributed by atoms with E-state index in [0.717, 1.165) is 19.4 Å². The largest absolute Gasteiger partial charge is 0.365 e. The lowest BCUT2D eigenvalue weighted by Gasteiger charge is -2.27. The first-order valence-electron chi connectivity index (χ1n) is 6.08. The van der Waals surface area contributed by atoms with Crippen LogP contribution in [0.25, 0.3) is 0 Å². The van der Waals surface area contributed by atoms with E-state index in [-0.39, 0.29) is 10.9 Å². The zero-order chi connectivity index (χ0) is 12.3. The third-order valence-corrected chi connectivity index (χ3v) is 3.94. The molecule has 0 bridgehead atoms. The van der Waals surface area contributed by atoms with Crippen molar-refractivity contribution >= 4 is 17.4 Å². The van der Waals surface area contributed by atoms with Gasteiger partial charge >= 0.3 is 0 Å². The highest BCUT2D eigenvalue weighted by Gasteiger charge is 2.23. The zero-order valence-corrected chi connectivity index (χ0v) is 10.8. The van der Waals surface area contributed by atoms with Gasteiger partial charge in [-0.15, -0.1) is 11.6 Å². The Kier molecular flexibility index (Phi) is 4.05. The number of nitrogens with one attached hydrogen (secondary N) is 1. The molecule has 17 heavy (non-hydrogen) atoms. The average Bonchev–Trinajstić information content (AvgIpc) is 2.33. The van der Waals surface area contributed by atoms with Crippen molar-refractivity contribution in [1.82, 2.24) is 9.55 Å². The van der Waals surface area contributed by atoms with Crippen molar-refractivity contribution in [3.05, 3.63) is 22.7 Å². The Balaban J connectivity index is 1.97. The van der Waals surface area contributed by atoms with Crippen LogP contribution in [0.4, 0.5) is 5.82 Å². The Labute approximate surface area is 106 Å². The maximum atomic E-state index is 11.7. The number of halogens is 1. The van der Waals surface area contributed by atoms with Gasteiger partial charge in [-0.05, 0) is 18.8 Å². The van der Waals surface area contributed by atoms with Gasteiger partial charge in [0, 0.05) is 31.4 Å². The molecule has 1 N–H and O–H groups in total. The molecule has 2 atom stereocenters. The topological polar surface area (TPSA) is 46.9 Å². The van der Waals surface area contributed by atoms with Crippen molar-refractivity contribution in [2.75, 3.05) is 11.9 Å². The summed E-state index contributed by atoms with van der Waals surface area (Å²) in [6.07, 6.45) is 7.94. The molecule has 1 heterocycles. The van der Waals surface area contributed by atoms with E-state index in [0.29, 0.717) is 11.7 Å². The Morgan fingerprint density at radius 1 is 1.53 bits per heavy atom. The van der Waals surface area contributed by atoms with E-state index >= 15 is 0 Å². The predicted octanol–water partition coefficient (Wildman–Crippen LogP) is 1.99. The molecule has 5 heteroatoms. The fourth-order valence-corrected chi connectivity index (χ4v) is 2.61. The van der Waals surface area contributed by atoms with Gasteiger partial charge in [0.1, 0.15) is 0 Å². The number of aromatic nitrogens is 2. The van der Waals surface area contributed by atoms with Crippen LogP contribution in [0.2, 0.25) is 0 Å². The molecule has 4 nitrogen and oxygen atoms in total. The van der Waals surface area contributed by atoms with Crippen molar-refractivity contribution < 1.29 is 0 Å². The third-order valence-electron chi connectivity index (χ3n) is 3.36. The van der Waals surface area contributed by atoms with Crippen molar-refractivity contribution in [2.24, 2.45) is 13.0 Å². The molecule has 0 amide bonds. The van der Waals surface area contributed by atoms with Crippen molar-refractivity contribution in [3.8, 4) is 0 Å². The summed E-state index contributed by atoms with van der Waals surface area (Å²) in [5.41, 5.74) is -0.0885. The van der Waals surface area contributed by atoms with Crippen LogP contribution in [0.15, 0.2) is 17.2 Å². The van der Waals surface area contributed by atoms with Crippen LogP contribution in [0.1, 0.15) is 25.7 Å². The summed E-state index contributed by atoms with van der Waals surface area (Å²) in [4.78, 5) is 15.8. The number of alkyl halides is 1. The van der Waals surface area contributed by atoms with Crippen molar-refractivity contribution in [3.63, 3.8) is 0 Å². The predicted molar refractivity (Wildman–Crippen MR) is 69.6 cm³/mol. The van der Waals surface area contributed by atoms with E-state index in [9.17, 15) is 4.79 Å². The monoisotopic (exact) mass is 255 g/mol. The molecule has 0 aromatic carbocycles. The molecule has 1 aliphatic rings. The van der Waals surface area contributed by atoms with Crippen LogP contribution in [0.3, 0.4) is 0 Å². The second-order valence-corrected chi connectivity index (χ2v) is 5.19. The molecule has 1 aliphatic carbocycles. The average molecular weight is 256 g/mol. The molecular weight excluding hydrogens is 238 g/mol. The maximum Gasteiger partial charge on any atom is 0.293 e. The van der Waals surface area contributed by atoms with Crippen LogP contribution in [0, 0.1) is 5.92 Å². The molecule has 0 aliphatic heterocycles. The molecule has 0 saturated heterocycles. The standard InChI is InChI=1S/C12H18ClN3O/c1-16-7-6-14-11(12(16)17)15-8-9-4-2-3-5-10(9)13/h6-7,9-10H,2-5,8H2,1H3,(H,14,15). The van der Waals surface area contributed by atoms with E-state index < -0.39 is 0 Å². The third kappa shape index (κ3) is 3.00. The lowest BCUT2D eigenvalue weighted by Crippen LogP contribution is -2.30. The Hall–Kier alpha value is -1.03. The minimum Gasteiger partial charge on any atom is -0.365 e. The van der Waals surface area contributed by atoms with Crippen molar-refractivity contribution in [1.29, 1.82) is 0 Å². The van der Waals surface area contributed by atoms with Gasteiger partial charge in [0.2, 0.25) is 0 Å². The molecular formula is C12H18ClN3O. The Morgan fingerprint density at radius 2 is 2.29 bits per heavy atom. The molecule has 1 fully saturated rings. The number of hydrogen-bond donors (Lipinski definition) is 1. The Morgan fingerprint density at radius 3 is 3.06 bits per heavy atom. The molecule has 1 aromatic heterocycles. The summed E-state index contributed by atoms with van der Waals surface area (Å²) in [5.74, 6) is 0.863. The van der Waals surface area contributed by atoms with Gasteiger partial charge in [0.15, 0.2) is 5.82 Å². The number of hydrogen-bond acceptors (Lipinski definition) is 3. The second kappa shape index (κ2) is 5.54. The van der Waals surface area contributed by atoms with Gasteiger partial charge in [-0.1, -0.05) is 12.8 Å². The van der Waals surface area contributed by atoms with E-state index in [1.807, 2.05) is 0 Å². The lowest BCUT2D eigenvalue weighted by molar-refractivity contribution is 0.380. The number of nitrogens with zero attached hydrogens (tertiary/aromatic N) is 2. The highest BCUT2D eigenvalue weighted by atomic mass is 35.5. The summed E-state index contributed by atoms with van der Waals surface area (Å²) in [6, 6.07) is 0. The summed E-state index contributed by atoms with van der Waals surface area (Å²) in [5, 5.41) is 3.35. The summed E-state index contributed by atoms with van der Waals surface area (Å²) < 4.78 is 1.52. The minimum atomic E-state index is -0.0885. The van der Waals surface area contributed by atoms with Crippen LogP contribution in [0.5, 0.6) is 0 Å². The minimum absolute atomic E-state index is 0.0885. The van der Waals surface area contributed by atoms with Gasteiger partial charge < -0.3 is 9.88 Å². The fourth-order valence-electron chi connectivity index (χ4n) is 2.24. The van der Waals surface area contributed by atoms with E-state index in [4.69, 9.17) is 11.6 Å².